The molecule has 3 heterocycles. The summed E-state index contributed by atoms with van der Waals surface area (Å²) >= 11 is 1.76. The van der Waals surface area contributed by atoms with Crippen LogP contribution in [0.4, 0.5) is 5.82 Å². The van der Waals surface area contributed by atoms with Crippen molar-refractivity contribution in [2.75, 3.05) is 11.9 Å². The molecule has 3 rings (SSSR count). The molecule has 7 heteroatoms. The van der Waals surface area contributed by atoms with Gasteiger partial charge in [-0.15, -0.1) is 11.3 Å². The van der Waals surface area contributed by atoms with Crippen LogP contribution in [0, 0.1) is 13.8 Å². The summed E-state index contributed by atoms with van der Waals surface area (Å²) in [4.78, 5) is 29.2. The van der Waals surface area contributed by atoms with Crippen LogP contribution in [-0.2, 0) is 12.8 Å². The van der Waals surface area contributed by atoms with Crippen molar-refractivity contribution in [3.05, 3.63) is 56.0 Å². The van der Waals surface area contributed by atoms with Crippen molar-refractivity contribution in [1.29, 1.82) is 0 Å². The fraction of sp³-hybridized carbons (Fsp3) is 0.333. The van der Waals surface area contributed by atoms with Gasteiger partial charge in [-0.05, 0) is 32.4 Å². The van der Waals surface area contributed by atoms with E-state index in [0.717, 1.165) is 41.5 Å². The van der Waals surface area contributed by atoms with Crippen LogP contribution in [0.25, 0.3) is 11.4 Å². The lowest BCUT2D eigenvalue weighted by atomic mass is 10.2. The van der Waals surface area contributed by atoms with Crippen LogP contribution >= 0.6 is 11.3 Å². The maximum atomic E-state index is 11.9. The Morgan fingerprint density at radius 3 is 2.68 bits per heavy atom. The van der Waals surface area contributed by atoms with Crippen LogP contribution in [-0.4, -0.2) is 26.5 Å². The highest BCUT2D eigenvalue weighted by atomic mass is 32.1. The van der Waals surface area contributed by atoms with E-state index in [9.17, 15) is 4.79 Å². The van der Waals surface area contributed by atoms with Crippen LogP contribution in [0.3, 0.4) is 0 Å². The molecule has 0 aliphatic heterocycles. The molecule has 0 amide bonds. The highest BCUT2D eigenvalue weighted by molar-refractivity contribution is 7.11. The summed E-state index contributed by atoms with van der Waals surface area (Å²) in [5, 5.41) is 4.43. The van der Waals surface area contributed by atoms with Gasteiger partial charge in [-0.25, -0.2) is 15.0 Å². The van der Waals surface area contributed by atoms with E-state index in [4.69, 9.17) is 0 Å². The van der Waals surface area contributed by atoms with Crippen molar-refractivity contribution in [3.63, 3.8) is 0 Å². The molecule has 3 aromatic heterocycles. The smallest absolute Gasteiger partial charge is 0.254 e. The van der Waals surface area contributed by atoms with Crippen LogP contribution in [0.5, 0.6) is 0 Å². The summed E-state index contributed by atoms with van der Waals surface area (Å²) in [7, 11) is 0. The standard InChI is InChI=1S/C18H21N5OS/c1-4-14-10-21-16(25-14)7-8-19-15-6-5-13(9-20-15)17-22-12(3)11(2)18(24)23-17/h5-6,9-10H,4,7-8H2,1-3H3,(H,19,20)(H,22,23,24). The van der Waals surface area contributed by atoms with Gasteiger partial charge in [-0.2, -0.15) is 0 Å². The van der Waals surface area contributed by atoms with Gasteiger partial charge in [0.1, 0.15) is 11.6 Å². The van der Waals surface area contributed by atoms with Gasteiger partial charge in [0.05, 0.1) is 5.01 Å². The summed E-state index contributed by atoms with van der Waals surface area (Å²) in [6, 6.07) is 3.80. The number of rotatable bonds is 6. The van der Waals surface area contributed by atoms with E-state index in [1.807, 2.05) is 25.3 Å². The number of aryl methyl sites for hydroxylation is 2. The molecule has 2 N–H and O–H groups in total. The third kappa shape index (κ3) is 4.11. The zero-order valence-electron chi connectivity index (χ0n) is 14.6. The van der Waals surface area contributed by atoms with Crippen LogP contribution in [0.1, 0.15) is 28.1 Å². The van der Waals surface area contributed by atoms with E-state index in [2.05, 4.69) is 32.2 Å². The molecule has 0 saturated heterocycles. The SMILES string of the molecule is CCc1cnc(CCNc2ccc(-c3nc(C)c(C)c(=O)[nH]3)cn2)s1. The van der Waals surface area contributed by atoms with Crippen molar-refractivity contribution in [1.82, 2.24) is 19.9 Å². The lowest BCUT2D eigenvalue weighted by Crippen LogP contribution is -2.14. The molecule has 0 aliphatic rings. The van der Waals surface area contributed by atoms with E-state index in [1.165, 1.54) is 4.88 Å². The minimum atomic E-state index is -0.111. The third-order valence-corrected chi connectivity index (χ3v) is 5.23. The first kappa shape index (κ1) is 17.3. The van der Waals surface area contributed by atoms with E-state index in [0.29, 0.717) is 11.4 Å². The van der Waals surface area contributed by atoms with Gasteiger partial charge in [0, 0.05) is 47.1 Å². The molecular weight excluding hydrogens is 334 g/mol. The Morgan fingerprint density at radius 1 is 1.20 bits per heavy atom. The summed E-state index contributed by atoms with van der Waals surface area (Å²) < 4.78 is 0. The molecule has 0 radical (unpaired) electrons. The molecule has 0 fully saturated rings. The topological polar surface area (TPSA) is 83.6 Å². The number of pyridine rings is 1. The molecule has 130 valence electrons. The summed E-state index contributed by atoms with van der Waals surface area (Å²) in [6.07, 6.45) is 5.57. The van der Waals surface area contributed by atoms with E-state index in [1.54, 1.807) is 24.5 Å². The summed E-state index contributed by atoms with van der Waals surface area (Å²) in [5.74, 6) is 1.34. The Balaban J connectivity index is 1.63. The Hall–Kier alpha value is -2.54. The highest BCUT2D eigenvalue weighted by Crippen LogP contribution is 2.16. The van der Waals surface area contributed by atoms with E-state index in [-0.39, 0.29) is 5.56 Å². The Bertz CT molecular complexity index is 914. The van der Waals surface area contributed by atoms with Crippen LogP contribution < -0.4 is 10.9 Å². The van der Waals surface area contributed by atoms with Crippen LogP contribution in [0.2, 0.25) is 0 Å². The number of aromatic nitrogens is 4. The zero-order valence-corrected chi connectivity index (χ0v) is 15.4. The second-order valence-electron chi connectivity index (χ2n) is 5.81. The quantitative estimate of drug-likeness (QED) is 0.710. The summed E-state index contributed by atoms with van der Waals surface area (Å²) in [5.41, 5.74) is 2.05. The fourth-order valence-corrected chi connectivity index (χ4v) is 3.21. The predicted molar refractivity (Wildman–Crippen MR) is 101 cm³/mol. The van der Waals surface area contributed by atoms with Gasteiger partial charge in [0.15, 0.2) is 0 Å². The monoisotopic (exact) mass is 355 g/mol. The Kier molecular flexibility index (Phi) is 5.23. The average molecular weight is 355 g/mol. The van der Waals surface area contributed by atoms with Crippen LogP contribution in [0.15, 0.2) is 29.3 Å². The number of nitrogens with one attached hydrogen (secondary N) is 2. The van der Waals surface area contributed by atoms with Crippen molar-refractivity contribution in [2.45, 2.75) is 33.6 Å². The third-order valence-electron chi connectivity index (χ3n) is 4.03. The highest BCUT2D eigenvalue weighted by Gasteiger charge is 2.07. The van der Waals surface area contributed by atoms with E-state index >= 15 is 0 Å². The maximum absolute atomic E-state index is 11.9. The molecule has 0 unspecified atom stereocenters. The van der Waals surface area contributed by atoms with Gasteiger partial charge >= 0.3 is 0 Å². The normalized spacial score (nSPS) is 10.8. The molecule has 6 nitrogen and oxygen atoms in total. The minimum Gasteiger partial charge on any atom is -0.370 e. The Labute approximate surface area is 150 Å². The number of aromatic amines is 1. The van der Waals surface area contributed by atoms with Gasteiger partial charge < -0.3 is 10.3 Å². The fourth-order valence-electron chi connectivity index (χ4n) is 2.34. The molecule has 0 aromatic carbocycles. The number of thiazole rings is 1. The molecule has 0 aliphatic carbocycles. The molecule has 25 heavy (non-hydrogen) atoms. The largest absolute Gasteiger partial charge is 0.370 e. The first-order chi connectivity index (χ1) is 12.1. The molecule has 0 atom stereocenters. The van der Waals surface area contributed by atoms with Crippen molar-refractivity contribution in [2.24, 2.45) is 0 Å². The Morgan fingerprint density at radius 2 is 2.04 bits per heavy atom. The minimum absolute atomic E-state index is 0.111. The molecule has 0 bridgehead atoms. The predicted octanol–water partition coefficient (Wildman–Crippen LogP) is 3.12. The summed E-state index contributed by atoms with van der Waals surface area (Å²) in [6.45, 7) is 6.52. The lowest BCUT2D eigenvalue weighted by molar-refractivity contribution is 0.985. The first-order valence-electron chi connectivity index (χ1n) is 8.28. The molecular formula is C18H21N5OS. The number of nitrogens with zero attached hydrogens (tertiary/aromatic N) is 3. The zero-order chi connectivity index (χ0) is 17.8. The van der Waals surface area contributed by atoms with Crippen molar-refractivity contribution in [3.8, 4) is 11.4 Å². The maximum Gasteiger partial charge on any atom is 0.254 e. The van der Waals surface area contributed by atoms with Crippen molar-refractivity contribution >= 4 is 17.2 Å². The second-order valence-corrected chi connectivity index (χ2v) is 7.01. The second kappa shape index (κ2) is 7.57. The lowest BCUT2D eigenvalue weighted by Gasteiger charge is -2.07. The molecule has 0 spiro atoms. The van der Waals surface area contributed by atoms with Gasteiger partial charge in [-0.1, -0.05) is 6.92 Å². The average Bonchev–Trinajstić information content (AvgIpc) is 3.08. The van der Waals surface area contributed by atoms with E-state index < -0.39 is 0 Å². The molecule has 3 aromatic rings. The number of hydrogen-bond acceptors (Lipinski definition) is 6. The van der Waals surface area contributed by atoms with Crippen molar-refractivity contribution < 1.29 is 0 Å². The number of hydrogen-bond donors (Lipinski definition) is 2. The van der Waals surface area contributed by atoms with Gasteiger partial charge in [-0.3, -0.25) is 4.79 Å². The number of H-pyrrole nitrogens is 1. The first-order valence-corrected chi connectivity index (χ1v) is 9.10. The number of anilines is 1. The van der Waals surface area contributed by atoms with Gasteiger partial charge in [0.2, 0.25) is 0 Å². The molecule has 0 saturated carbocycles. The van der Waals surface area contributed by atoms with Gasteiger partial charge in [0.25, 0.3) is 5.56 Å².